The van der Waals surface area contributed by atoms with Crippen molar-refractivity contribution >= 4 is 28.9 Å². The Balaban J connectivity index is 1.97. The van der Waals surface area contributed by atoms with Crippen LogP contribution in [-0.4, -0.2) is 94.5 Å². The first-order valence-corrected chi connectivity index (χ1v) is 11.1. The van der Waals surface area contributed by atoms with Crippen molar-refractivity contribution in [1.82, 2.24) is 10.2 Å². The summed E-state index contributed by atoms with van der Waals surface area (Å²) in [5.74, 6) is -6.57. The van der Waals surface area contributed by atoms with Gasteiger partial charge in [-0.1, -0.05) is 0 Å². The molecule has 1 aromatic rings. The minimum atomic E-state index is -2.67. The zero-order valence-corrected chi connectivity index (χ0v) is 19.9. The number of aliphatic hydroxyl groups excluding tert-OH is 3. The van der Waals surface area contributed by atoms with Crippen LogP contribution in [-0.2, 0) is 20.8 Å². The van der Waals surface area contributed by atoms with Crippen LogP contribution in [0, 0.1) is 11.8 Å². The molecular weight excluding hydrogens is 458 g/mol. The fourth-order valence-corrected chi connectivity index (χ4v) is 5.79. The van der Waals surface area contributed by atoms with E-state index in [0.29, 0.717) is 5.56 Å². The van der Waals surface area contributed by atoms with Gasteiger partial charge in [-0.15, -0.1) is 0 Å². The Morgan fingerprint density at radius 2 is 1.80 bits per heavy atom. The smallest absolute Gasteiger partial charge is 0.260 e. The topological polar surface area (TPSA) is 171 Å². The number of Topliss-reactive ketones (excluding diaryl/α,β-unsaturated/α-hetero) is 2. The van der Waals surface area contributed by atoms with Crippen LogP contribution in [0.3, 0.4) is 0 Å². The lowest BCUT2D eigenvalue weighted by Crippen LogP contribution is -2.65. The molecule has 0 heterocycles. The molecule has 1 saturated carbocycles. The number of aliphatic hydroxyl groups is 4. The van der Waals surface area contributed by atoms with E-state index >= 15 is 0 Å². The second-order valence-corrected chi connectivity index (χ2v) is 9.61. The zero-order valence-electron chi connectivity index (χ0n) is 19.9. The molecule has 0 bridgehead atoms. The van der Waals surface area contributed by atoms with Crippen molar-refractivity contribution in [2.75, 3.05) is 39.8 Å². The number of nitrogens with one attached hydrogen (secondary N) is 1. The van der Waals surface area contributed by atoms with Gasteiger partial charge in [0.15, 0.2) is 11.4 Å². The highest BCUT2D eigenvalue weighted by molar-refractivity contribution is 6.25. The number of nitrogens with zero attached hydrogens (tertiary/aromatic N) is 2. The number of rotatable bonds is 4. The maximum atomic E-state index is 13.8. The second-order valence-electron chi connectivity index (χ2n) is 9.61. The van der Waals surface area contributed by atoms with Crippen LogP contribution in [0.5, 0.6) is 5.75 Å². The van der Waals surface area contributed by atoms with Crippen LogP contribution < -0.4 is 10.2 Å². The summed E-state index contributed by atoms with van der Waals surface area (Å²) in [7, 11) is 6.71. The third-order valence-electron chi connectivity index (χ3n) is 7.28. The Morgan fingerprint density at radius 1 is 1.14 bits per heavy atom. The first-order chi connectivity index (χ1) is 16.4. The summed E-state index contributed by atoms with van der Waals surface area (Å²) in [6, 6.07) is 1.95. The van der Waals surface area contributed by atoms with Gasteiger partial charge in [0.1, 0.15) is 29.6 Å². The van der Waals surface area contributed by atoms with Crippen molar-refractivity contribution < 1.29 is 39.9 Å². The Labute approximate surface area is 201 Å². The lowest BCUT2D eigenvalue weighted by atomic mass is 9.57. The van der Waals surface area contributed by atoms with Gasteiger partial charge in [-0.3, -0.25) is 19.3 Å². The number of carbonyl (C=O) groups is 3. The normalized spacial score (nSPS) is 28.0. The van der Waals surface area contributed by atoms with E-state index in [1.807, 2.05) is 10.2 Å². The van der Waals surface area contributed by atoms with Gasteiger partial charge in [0.05, 0.1) is 11.6 Å². The molecule has 1 aromatic carbocycles. The molecule has 11 nitrogen and oxygen atoms in total. The van der Waals surface area contributed by atoms with E-state index in [1.54, 1.807) is 34.3 Å². The Morgan fingerprint density at radius 3 is 2.37 bits per heavy atom. The molecule has 3 aliphatic carbocycles. The van der Waals surface area contributed by atoms with Crippen molar-refractivity contribution in [2.24, 2.45) is 11.8 Å². The van der Waals surface area contributed by atoms with E-state index in [4.69, 9.17) is 5.11 Å². The van der Waals surface area contributed by atoms with Crippen molar-refractivity contribution in [2.45, 2.75) is 24.5 Å². The first-order valence-electron chi connectivity index (χ1n) is 11.1. The number of likely N-dealkylation sites (N-methyl/N-ethyl adjacent to an activating group) is 1. The number of phenols is 1. The fraction of sp³-hybridized carbons (Fsp3) is 0.458. The monoisotopic (exact) mass is 487 g/mol. The summed E-state index contributed by atoms with van der Waals surface area (Å²) in [6.07, 6.45) is 0.281. The molecule has 0 saturated heterocycles. The molecular formula is C24H29N3O8. The standard InChI is InChI=1S/C24H29N3O8/c1-26(2)13-5-6-14(29)16-11(13)7-10-8-12-18(27(3)4)20(31)17(23(34)25-9-28)22(33)24(12,35)21(32)15(10)19(16)30/h5-6,10,12,18,28-30,33,35H,7-9H2,1-4H3,(H,25,34)/t10-,12-,18-,24-/m0/s1. The maximum Gasteiger partial charge on any atom is 0.260 e. The molecule has 0 spiro atoms. The van der Waals surface area contributed by atoms with Gasteiger partial charge in [0.25, 0.3) is 5.91 Å². The molecule has 0 unspecified atom stereocenters. The van der Waals surface area contributed by atoms with Crippen LogP contribution in [0.15, 0.2) is 29.0 Å². The van der Waals surface area contributed by atoms with Crippen molar-refractivity contribution in [1.29, 1.82) is 0 Å². The molecule has 3 aliphatic rings. The number of phenolic OH excluding ortho intramolecular Hbond substituents is 1. The van der Waals surface area contributed by atoms with Crippen LogP contribution in [0.1, 0.15) is 17.5 Å². The van der Waals surface area contributed by atoms with E-state index in [0.717, 1.165) is 5.69 Å². The van der Waals surface area contributed by atoms with Crippen LogP contribution in [0.4, 0.5) is 5.69 Å². The molecule has 4 rings (SSSR count). The number of ketones is 2. The van der Waals surface area contributed by atoms with Crippen LogP contribution in [0.25, 0.3) is 5.76 Å². The molecule has 0 radical (unpaired) electrons. The predicted molar refractivity (Wildman–Crippen MR) is 125 cm³/mol. The Kier molecular flexibility index (Phi) is 5.90. The second kappa shape index (κ2) is 8.36. The van der Waals surface area contributed by atoms with E-state index in [2.05, 4.69) is 0 Å². The van der Waals surface area contributed by atoms with Gasteiger partial charge in [0.2, 0.25) is 5.78 Å². The lowest BCUT2D eigenvalue weighted by Gasteiger charge is -2.50. The highest BCUT2D eigenvalue weighted by Crippen LogP contribution is 2.53. The summed E-state index contributed by atoms with van der Waals surface area (Å²) >= 11 is 0. The molecule has 0 aliphatic heterocycles. The van der Waals surface area contributed by atoms with Crippen LogP contribution in [0.2, 0.25) is 0 Å². The first kappa shape index (κ1) is 24.7. The molecule has 11 heteroatoms. The Hall–Kier alpha value is -3.41. The third kappa shape index (κ3) is 3.33. The minimum absolute atomic E-state index is 0.0388. The molecule has 35 heavy (non-hydrogen) atoms. The SMILES string of the molecule is CN(C)c1ccc(O)c2c1C[C@H]1C[C@H]3[C@H](N(C)C)C(=O)C(C(=O)NCO)=C(O)[C@@]3(O)C(=O)C1=C2O. The molecule has 1 amide bonds. The molecule has 1 fully saturated rings. The molecule has 0 aromatic heterocycles. The highest BCUT2D eigenvalue weighted by Gasteiger charge is 2.64. The predicted octanol–water partition coefficient (Wildman–Crippen LogP) is -0.389. The summed E-state index contributed by atoms with van der Waals surface area (Å²) in [4.78, 5) is 42.9. The molecule has 4 atom stereocenters. The van der Waals surface area contributed by atoms with Crippen molar-refractivity contribution in [3.8, 4) is 5.75 Å². The highest BCUT2D eigenvalue weighted by atomic mass is 16.3. The van der Waals surface area contributed by atoms with Gasteiger partial charge < -0.3 is 35.7 Å². The number of hydrogen-bond acceptors (Lipinski definition) is 10. The number of benzene rings is 1. The Bertz CT molecular complexity index is 1200. The summed E-state index contributed by atoms with van der Waals surface area (Å²) in [6.45, 7) is -0.830. The maximum absolute atomic E-state index is 13.8. The van der Waals surface area contributed by atoms with E-state index < -0.39 is 64.8 Å². The summed E-state index contributed by atoms with van der Waals surface area (Å²) < 4.78 is 0. The summed E-state index contributed by atoms with van der Waals surface area (Å²) in [5.41, 5.74) is -2.26. The average Bonchev–Trinajstić information content (AvgIpc) is 2.76. The van der Waals surface area contributed by atoms with E-state index in [1.165, 1.54) is 11.0 Å². The fourth-order valence-electron chi connectivity index (χ4n) is 5.79. The van der Waals surface area contributed by atoms with E-state index in [-0.39, 0.29) is 29.7 Å². The third-order valence-corrected chi connectivity index (χ3v) is 7.28. The molecule has 6 N–H and O–H groups in total. The minimum Gasteiger partial charge on any atom is -0.508 e. The number of anilines is 1. The van der Waals surface area contributed by atoms with Gasteiger partial charge in [-0.2, -0.15) is 0 Å². The largest absolute Gasteiger partial charge is 0.508 e. The average molecular weight is 488 g/mol. The summed E-state index contributed by atoms with van der Waals surface area (Å²) in [5, 5.41) is 55.4. The van der Waals surface area contributed by atoms with Crippen LogP contribution >= 0.6 is 0 Å². The van der Waals surface area contributed by atoms with Gasteiger partial charge in [-0.25, -0.2) is 0 Å². The number of aromatic hydroxyl groups is 1. The van der Waals surface area contributed by atoms with Crippen molar-refractivity contribution in [3.63, 3.8) is 0 Å². The van der Waals surface area contributed by atoms with Gasteiger partial charge in [-0.05, 0) is 50.6 Å². The number of fused-ring (bicyclic) bond motifs is 3. The van der Waals surface area contributed by atoms with E-state index in [9.17, 15) is 34.8 Å². The number of carbonyl (C=O) groups excluding carboxylic acids is 3. The zero-order chi connectivity index (χ0) is 26.0. The quantitative estimate of drug-likeness (QED) is 0.243. The van der Waals surface area contributed by atoms with Gasteiger partial charge >= 0.3 is 0 Å². The van der Waals surface area contributed by atoms with Gasteiger partial charge in [0, 0.05) is 31.3 Å². The molecule has 188 valence electrons. The lowest BCUT2D eigenvalue weighted by molar-refractivity contribution is -0.153. The van der Waals surface area contributed by atoms with Crippen molar-refractivity contribution in [3.05, 3.63) is 40.2 Å². The number of hydrogen-bond donors (Lipinski definition) is 6. The number of amides is 1.